The molecule has 3 rings (SSSR count). The van der Waals surface area contributed by atoms with Crippen molar-refractivity contribution in [2.45, 2.75) is 51.2 Å². The molecule has 86 valence electrons. The van der Waals surface area contributed by atoms with Crippen molar-refractivity contribution in [3.05, 3.63) is 0 Å². The maximum atomic E-state index is 5.90. The SMILES string of the molecule is COC1(C)OC2C3OC(C(C)C3C)C2O1. The summed E-state index contributed by atoms with van der Waals surface area (Å²) in [4.78, 5) is 0. The predicted octanol–water partition coefficient (Wildman–Crippen LogP) is 1.14. The second kappa shape index (κ2) is 2.94. The molecule has 3 heterocycles. The maximum absolute atomic E-state index is 5.90. The molecule has 15 heavy (non-hydrogen) atoms. The van der Waals surface area contributed by atoms with Crippen LogP contribution in [0, 0.1) is 11.8 Å². The van der Waals surface area contributed by atoms with Gasteiger partial charge in [-0.05, 0) is 11.8 Å². The van der Waals surface area contributed by atoms with Gasteiger partial charge < -0.3 is 18.9 Å². The zero-order chi connectivity index (χ0) is 10.8. The van der Waals surface area contributed by atoms with Gasteiger partial charge in [-0.15, -0.1) is 0 Å². The Labute approximate surface area is 89.8 Å². The summed E-state index contributed by atoms with van der Waals surface area (Å²) in [6.45, 7) is 6.26. The summed E-state index contributed by atoms with van der Waals surface area (Å²) in [5.74, 6) is 0.206. The van der Waals surface area contributed by atoms with Crippen molar-refractivity contribution in [3.63, 3.8) is 0 Å². The predicted molar refractivity (Wildman–Crippen MR) is 52.1 cm³/mol. The van der Waals surface area contributed by atoms with Gasteiger partial charge in [-0.1, -0.05) is 13.8 Å². The second-order valence-electron chi connectivity index (χ2n) is 5.01. The van der Waals surface area contributed by atoms with Gasteiger partial charge in [0, 0.05) is 14.0 Å². The Hall–Kier alpha value is -0.160. The molecule has 3 fully saturated rings. The van der Waals surface area contributed by atoms with E-state index in [1.54, 1.807) is 7.11 Å². The molecule has 0 N–H and O–H groups in total. The number of hydrogen-bond donors (Lipinski definition) is 0. The highest BCUT2D eigenvalue weighted by molar-refractivity contribution is 5.07. The third-order valence-electron chi connectivity index (χ3n) is 4.22. The van der Waals surface area contributed by atoms with Crippen molar-refractivity contribution < 1.29 is 18.9 Å². The maximum Gasteiger partial charge on any atom is 0.280 e. The highest BCUT2D eigenvalue weighted by Gasteiger charge is 2.64. The van der Waals surface area contributed by atoms with Crippen molar-refractivity contribution >= 4 is 0 Å². The summed E-state index contributed by atoms with van der Waals surface area (Å²) in [7, 11) is 1.61. The molecule has 0 aliphatic carbocycles. The molecule has 4 nitrogen and oxygen atoms in total. The minimum absolute atomic E-state index is 0.0474. The van der Waals surface area contributed by atoms with E-state index in [2.05, 4.69) is 13.8 Å². The standard InChI is InChI=1S/C11H18O4/c1-5-6(2)8-10-9(7(5)13-8)14-11(3,12-4)15-10/h5-10H,1-4H3. The van der Waals surface area contributed by atoms with Gasteiger partial charge in [0.05, 0.1) is 12.2 Å². The summed E-state index contributed by atoms with van der Waals surface area (Å²) < 4.78 is 22.7. The Balaban J connectivity index is 1.85. The molecule has 4 heteroatoms. The van der Waals surface area contributed by atoms with Gasteiger partial charge in [0.1, 0.15) is 12.2 Å². The first-order valence-corrected chi connectivity index (χ1v) is 5.62. The fraction of sp³-hybridized carbons (Fsp3) is 1.00. The number of hydrogen-bond acceptors (Lipinski definition) is 4. The molecule has 0 aromatic rings. The molecule has 0 aromatic heterocycles. The van der Waals surface area contributed by atoms with Crippen LogP contribution in [0.15, 0.2) is 0 Å². The normalized spacial score (nSPS) is 62.4. The van der Waals surface area contributed by atoms with E-state index in [-0.39, 0.29) is 24.4 Å². The Morgan fingerprint density at radius 1 is 0.933 bits per heavy atom. The zero-order valence-corrected chi connectivity index (χ0v) is 9.60. The van der Waals surface area contributed by atoms with Gasteiger partial charge in [-0.3, -0.25) is 0 Å². The third-order valence-corrected chi connectivity index (χ3v) is 4.22. The fourth-order valence-corrected chi connectivity index (χ4v) is 3.04. The van der Waals surface area contributed by atoms with Crippen LogP contribution in [0.2, 0.25) is 0 Å². The highest BCUT2D eigenvalue weighted by atomic mass is 16.9. The molecule has 0 radical (unpaired) electrons. The molecular weight excluding hydrogens is 196 g/mol. The minimum atomic E-state index is -0.876. The molecule has 0 saturated carbocycles. The molecule has 0 aromatic carbocycles. The Morgan fingerprint density at radius 3 is 1.80 bits per heavy atom. The van der Waals surface area contributed by atoms with E-state index in [0.29, 0.717) is 11.8 Å². The summed E-state index contributed by atoms with van der Waals surface area (Å²) in [5, 5.41) is 0. The number of ether oxygens (including phenoxy) is 4. The van der Waals surface area contributed by atoms with Crippen LogP contribution in [0.25, 0.3) is 0 Å². The van der Waals surface area contributed by atoms with Crippen LogP contribution in [0.4, 0.5) is 0 Å². The topological polar surface area (TPSA) is 36.9 Å². The van der Waals surface area contributed by atoms with Gasteiger partial charge in [-0.25, -0.2) is 0 Å². The average molecular weight is 214 g/mol. The van der Waals surface area contributed by atoms with E-state index in [1.807, 2.05) is 6.92 Å². The lowest BCUT2D eigenvalue weighted by atomic mass is 9.79. The first kappa shape index (κ1) is 10.0. The molecule has 3 aliphatic rings. The Kier molecular flexibility index (Phi) is 1.97. The van der Waals surface area contributed by atoms with Crippen LogP contribution in [0.3, 0.4) is 0 Å². The van der Waals surface area contributed by atoms with E-state index in [0.717, 1.165) is 0 Å². The van der Waals surface area contributed by atoms with E-state index in [9.17, 15) is 0 Å². The van der Waals surface area contributed by atoms with Crippen molar-refractivity contribution in [2.75, 3.05) is 7.11 Å². The van der Waals surface area contributed by atoms with Crippen molar-refractivity contribution in [1.82, 2.24) is 0 Å². The zero-order valence-electron chi connectivity index (χ0n) is 9.60. The molecule has 6 unspecified atom stereocenters. The number of methoxy groups -OCH3 is 1. The fourth-order valence-electron chi connectivity index (χ4n) is 3.04. The monoisotopic (exact) mass is 214 g/mol. The number of fused-ring (bicyclic) bond motifs is 5. The Morgan fingerprint density at radius 2 is 1.40 bits per heavy atom. The van der Waals surface area contributed by atoms with E-state index >= 15 is 0 Å². The van der Waals surface area contributed by atoms with Crippen LogP contribution < -0.4 is 0 Å². The minimum Gasteiger partial charge on any atom is -0.369 e. The first-order valence-electron chi connectivity index (χ1n) is 5.62. The summed E-state index contributed by atoms with van der Waals surface area (Å²) >= 11 is 0. The summed E-state index contributed by atoms with van der Waals surface area (Å²) in [6, 6.07) is 0. The number of rotatable bonds is 1. The van der Waals surface area contributed by atoms with Crippen LogP contribution in [-0.2, 0) is 18.9 Å². The smallest absolute Gasteiger partial charge is 0.280 e. The van der Waals surface area contributed by atoms with Gasteiger partial charge in [0.2, 0.25) is 0 Å². The Bertz CT molecular complexity index is 258. The third kappa shape index (κ3) is 1.16. The van der Waals surface area contributed by atoms with Crippen molar-refractivity contribution in [2.24, 2.45) is 11.8 Å². The van der Waals surface area contributed by atoms with Crippen molar-refractivity contribution in [1.29, 1.82) is 0 Å². The molecule has 3 saturated heterocycles. The van der Waals surface area contributed by atoms with Gasteiger partial charge >= 0.3 is 0 Å². The molecule has 0 spiro atoms. The lowest BCUT2D eigenvalue weighted by Gasteiger charge is -2.27. The first-order chi connectivity index (χ1) is 7.06. The molecule has 2 bridgehead atoms. The molecule has 6 atom stereocenters. The highest BCUT2D eigenvalue weighted by Crippen LogP contribution is 2.50. The van der Waals surface area contributed by atoms with E-state index in [1.165, 1.54) is 0 Å². The van der Waals surface area contributed by atoms with Gasteiger partial charge in [0.15, 0.2) is 0 Å². The van der Waals surface area contributed by atoms with E-state index < -0.39 is 5.97 Å². The lowest BCUT2D eigenvalue weighted by molar-refractivity contribution is -0.330. The second-order valence-corrected chi connectivity index (χ2v) is 5.01. The molecule has 3 aliphatic heterocycles. The summed E-state index contributed by atoms with van der Waals surface area (Å²) in [5.41, 5.74) is 0. The lowest BCUT2D eigenvalue weighted by Crippen LogP contribution is -2.42. The largest absolute Gasteiger partial charge is 0.369 e. The van der Waals surface area contributed by atoms with Crippen LogP contribution in [0.5, 0.6) is 0 Å². The quantitative estimate of drug-likeness (QED) is 0.656. The van der Waals surface area contributed by atoms with Crippen LogP contribution in [-0.4, -0.2) is 37.5 Å². The van der Waals surface area contributed by atoms with Gasteiger partial charge in [0.25, 0.3) is 5.97 Å². The van der Waals surface area contributed by atoms with Crippen molar-refractivity contribution in [3.8, 4) is 0 Å². The van der Waals surface area contributed by atoms with Crippen LogP contribution in [0.1, 0.15) is 20.8 Å². The molecule has 0 amide bonds. The average Bonchev–Trinajstić information content (AvgIpc) is 2.78. The van der Waals surface area contributed by atoms with Gasteiger partial charge in [-0.2, -0.15) is 0 Å². The van der Waals surface area contributed by atoms with E-state index in [4.69, 9.17) is 18.9 Å². The summed E-state index contributed by atoms with van der Waals surface area (Å²) in [6.07, 6.45) is 0.441. The molecular formula is C11H18O4. The van der Waals surface area contributed by atoms with Crippen LogP contribution >= 0.6 is 0 Å².